The second-order valence-corrected chi connectivity index (χ2v) is 6.48. The minimum atomic E-state index is 0.00153. The lowest BCUT2D eigenvalue weighted by Gasteiger charge is -2.22. The standard InChI is InChI=1S/C19H16INO2/c20-17-10-8-16(9-11-17)19(22)21(14-18-7-4-12-23-18)13-15-5-2-1-3-6-15/h1-12H,13-14H2. The topological polar surface area (TPSA) is 33.5 Å². The molecule has 1 aromatic heterocycles. The number of furan rings is 1. The van der Waals surface area contributed by atoms with E-state index in [2.05, 4.69) is 22.6 Å². The fraction of sp³-hybridized carbons (Fsp3) is 0.105. The molecule has 0 N–H and O–H groups in total. The van der Waals surface area contributed by atoms with Gasteiger partial charge >= 0.3 is 0 Å². The molecule has 4 heteroatoms. The van der Waals surface area contributed by atoms with E-state index in [9.17, 15) is 4.79 Å². The first kappa shape index (κ1) is 15.8. The zero-order valence-corrected chi connectivity index (χ0v) is 14.6. The highest BCUT2D eigenvalue weighted by Gasteiger charge is 2.17. The van der Waals surface area contributed by atoms with Crippen molar-refractivity contribution in [1.29, 1.82) is 0 Å². The molecule has 0 aliphatic heterocycles. The van der Waals surface area contributed by atoms with Crippen LogP contribution in [-0.2, 0) is 13.1 Å². The van der Waals surface area contributed by atoms with Crippen LogP contribution < -0.4 is 0 Å². The molecule has 116 valence electrons. The summed E-state index contributed by atoms with van der Waals surface area (Å²) in [6.07, 6.45) is 1.63. The first-order valence-corrected chi connectivity index (χ1v) is 8.41. The van der Waals surface area contributed by atoms with Gasteiger partial charge in [0.25, 0.3) is 5.91 Å². The quantitative estimate of drug-likeness (QED) is 0.563. The Morgan fingerprint density at radius 1 is 0.913 bits per heavy atom. The Labute approximate surface area is 149 Å². The molecule has 3 rings (SSSR count). The van der Waals surface area contributed by atoms with E-state index in [4.69, 9.17) is 4.42 Å². The third-order valence-electron chi connectivity index (χ3n) is 3.52. The molecule has 0 fully saturated rings. The Morgan fingerprint density at radius 3 is 2.30 bits per heavy atom. The fourth-order valence-electron chi connectivity index (χ4n) is 2.37. The minimum Gasteiger partial charge on any atom is -0.467 e. The number of hydrogen-bond acceptors (Lipinski definition) is 2. The van der Waals surface area contributed by atoms with Crippen LogP contribution in [0.5, 0.6) is 0 Å². The number of nitrogens with zero attached hydrogens (tertiary/aromatic N) is 1. The first-order valence-electron chi connectivity index (χ1n) is 7.33. The van der Waals surface area contributed by atoms with Crippen LogP contribution in [-0.4, -0.2) is 10.8 Å². The molecular formula is C19H16INO2. The van der Waals surface area contributed by atoms with Gasteiger partial charge in [-0.1, -0.05) is 30.3 Å². The van der Waals surface area contributed by atoms with Crippen molar-refractivity contribution in [2.45, 2.75) is 13.1 Å². The van der Waals surface area contributed by atoms with Crippen LogP contribution in [0.15, 0.2) is 77.4 Å². The van der Waals surface area contributed by atoms with Crippen LogP contribution >= 0.6 is 22.6 Å². The van der Waals surface area contributed by atoms with E-state index in [0.717, 1.165) is 14.9 Å². The van der Waals surface area contributed by atoms with Crippen LogP contribution in [0.25, 0.3) is 0 Å². The smallest absolute Gasteiger partial charge is 0.254 e. The zero-order valence-electron chi connectivity index (χ0n) is 12.5. The van der Waals surface area contributed by atoms with E-state index >= 15 is 0 Å². The summed E-state index contributed by atoms with van der Waals surface area (Å²) in [5.74, 6) is 0.779. The molecule has 0 radical (unpaired) electrons. The molecule has 2 aromatic carbocycles. The second kappa shape index (κ2) is 7.46. The van der Waals surface area contributed by atoms with E-state index in [1.807, 2.05) is 66.7 Å². The maximum absolute atomic E-state index is 12.9. The average Bonchev–Trinajstić information content (AvgIpc) is 3.08. The number of halogens is 1. The van der Waals surface area contributed by atoms with Gasteiger partial charge < -0.3 is 9.32 Å². The van der Waals surface area contributed by atoms with Gasteiger partial charge in [0.2, 0.25) is 0 Å². The lowest BCUT2D eigenvalue weighted by Crippen LogP contribution is -2.30. The van der Waals surface area contributed by atoms with E-state index in [0.29, 0.717) is 18.7 Å². The maximum Gasteiger partial charge on any atom is 0.254 e. The number of benzene rings is 2. The van der Waals surface area contributed by atoms with Crippen molar-refractivity contribution in [2.75, 3.05) is 0 Å². The van der Waals surface area contributed by atoms with Crippen molar-refractivity contribution in [3.8, 4) is 0 Å². The van der Waals surface area contributed by atoms with Crippen molar-refractivity contribution in [3.05, 3.63) is 93.5 Å². The third-order valence-corrected chi connectivity index (χ3v) is 4.24. The molecule has 0 saturated heterocycles. The van der Waals surface area contributed by atoms with Gasteiger partial charge in [-0.25, -0.2) is 0 Å². The van der Waals surface area contributed by atoms with Crippen LogP contribution in [0.2, 0.25) is 0 Å². The predicted octanol–water partition coefficient (Wildman–Crippen LogP) is 4.73. The highest BCUT2D eigenvalue weighted by Crippen LogP contribution is 2.15. The SMILES string of the molecule is O=C(c1ccc(I)cc1)N(Cc1ccccc1)Cc1ccco1. The Hall–Kier alpha value is -2.08. The van der Waals surface area contributed by atoms with Crippen molar-refractivity contribution in [1.82, 2.24) is 4.90 Å². The maximum atomic E-state index is 12.9. The van der Waals surface area contributed by atoms with Crippen LogP contribution in [0.4, 0.5) is 0 Å². The Kier molecular flexibility index (Phi) is 5.12. The molecule has 3 aromatic rings. The zero-order chi connectivity index (χ0) is 16.1. The molecule has 1 heterocycles. The summed E-state index contributed by atoms with van der Waals surface area (Å²) in [5.41, 5.74) is 1.78. The summed E-state index contributed by atoms with van der Waals surface area (Å²) in [7, 11) is 0. The van der Waals surface area contributed by atoms with Crippen molar-refractivity contribution < 1.29 is 9.21 Å². The number of hydrogen-bond donors (Lipinski definition) is 0. The highest BCUT2D eigenvalue weighted by atomic mass is 127. The van der Waals surface area contributed by atoms with Crippen LogP contribution in [0, 0.1) is 3.57 Å². The summed E-state index contributed by atoms with van der Waals surface area (Å²) in [6, 6.07) is 21.3. The average molecular weight is 417 g/mol. The summed E-state index contributed by atoms with van der Waals surface area (Å²) in [5, 5.41) is 0. The number of carbonyl (C=O) groups excluding carboxylic acids is 1. The molecule has 0 atom stereocenters. The van der Waals surface area contributed by atoms with Gasteiger partial charge in [-0.05, 0) is 64.6 Å². The van der Waals surface area contributed by atoms with Gasteiger partial charge in [0.05, 0.1) is 12.8 Å². The summed E-state index contributed by atoms with van der Waals surface area (Å²) in [4.78, 5) is 14.7. The Bertz CT molecular complexity index is 752. The Balaban J connectivity index is 1.84. The van der Waals surface area contributed by atoms with Crippen LogP contribution in [0.1, 0.15) is 21.7 Å². The van der Waals surface area contributed by atoms with Gasteiger partial charge in [-0.3, -0.25) is 4.79 Å². The molecule has 3 nitrogen and oxygen atoms in total. The van der Waals surface area contributed by atoms with E-state index in [-0.39, 0.29) is 5.91 Å². The van der Waals surface area contributed by atoms with Gasteiger partial charge in [0.1, 0.15) is 5.76 Å². The molecule has 0 bridgehead atoms. The minimum absolute atomic E-state index is 0.00153. The predicted molar refractivity (Wildman–Crippen MR) is 97.9 cm³/mol. The summed E-state index contributed by atoms with van der Waals surface area (Å²) >= 11 is 2.23. The van der Waals surface area contributed by atoms with E-state index in [1.54, 1.807) is 11.2 Å². The van der Waals surface area contributed by atoms with Crippen LogP contribution in [0.3, 0.4) is 0 Å². The third kappa shape index (κ3) is 4.22. The first-order chi connectivity index (χ1) is 11.2. The van der Waals surface area contributed by atoms with Gasteiger partial charge in [-0.15, -0.1) is 0 Å². The van der Waals surface area contributed by atoms with Crippen molar-refractivity contribution in [2.24, 2.45) is 0 Å². The lowest BCUT2D eigenvalue weighted by molar-refractivity contribution is 0.0717. The van der Waals surface area contributed by atoms with Gasteiger partial charge in [0, 0.05) is 15.7 Å². The van der Waals surface area contributed by atoms with Crippen molar-refractivity contribution in [3.63, 3.8) is 0 Å². The monoisotopic (exact) mass is 417 g/mol. The fourth-order valence-corrected chi connectivity index (χ4v) is 2.73. The summed E-state index contributed by atoms with van der Waals surface area (Å²) < 4.78 is 6.52. The van der Waals surface area contributed by atoms with Gasteiger partial charge in [0.15, 0.2) is 0 Å². The number of carbonyl (C=O) groups is 1. The lowest BCUT2D eigenvalue weighted by atomic mass is 10.1. The summed E-state index contributed by atoms with van der Waals surface area (Å²) in [6.45, 7) is 0.999. The molecule has 23 heavy (non-hydrogen) atoms. The molecular weight excluding hydrogens is 401 g/mol. The number of amides is 1. The normalized spacial score (nSPS) is 10.5. The van der Waals surface area contributed by atoms with E-state index in [1.165, 1.54) is 0 Å². The highest BCUT2D eigenvalue weighted by molar-refractivity contribution is 14.1. The van der Waals surface area contributed by atoms with Crippen molar-refractivity contribution >= 4 is 28.5 Å². The van der Waals surface area contributed by atoms with E-state index < -0.39 is 0 Å². The van der Waals surface area contributed by atoms with Gasteiger partial charge in [-0.2, -0.15) is 0 Å². The largest absolute Gasteiger partial charge is 0.467 e. The molecule has 0 aliphatic rings. The molecule has 0 saturated carbocycles. The molecule has 0 spiro atoms. The molecule has 0 aliphatic carbocycles. The second-order valence-electron chi connectivity index (χ2n) is 5.23. The molecule has 0 unspecified atom stereocenters. The molecule has 1 amide bonds. The Morgan fingerprint density at radius 2 is 1.65 bits per heavy atom. The number of rotatable bonds is 5.